The van der Waals surface area contributed by atoms with Crippen LogP contribution in [0.1, 0.15) is 31.9 Å². The third kappa shape index (κ3) is 3.67. The van der Waals surface area contributed by atoms with E-state index in [4.69, 9.17) is 11.6 Å². The van der Waals surface area contributed by atoms with Crippen molar-refractivity contribution in [2.24, 2.45) is 0 Å². The number of hydrogen-bond acceptors (Lipinski definition) is 2. The van der Waals surface area contributed by atoms with Crippen molar-refractivity contribution in [1.29, 1.82) is 0 Å². The number of nitrogens with one attached hydrogen (secondary N) is 1. The number of rotatable bonds is 3. The molecule has 0 unspecified atom stereocenters. The molecule has 1 N–H and O–H groups in total. The third-order valence-electron chi connectivity index (χ3n) is 3.47. The highest BCUT2D eigenvalue weighted by Crippen LogP contribution is 2.33. The van der Waals surface area contributed by atoms with E-state index >= 15 is 0 Å². The maximum absolute atomic E-state index is 14.8. The standard InChI is InChI=1S/C17H19ClFNO2S/c1-11-9-10-13(16(19)15(11)17(2,3)4)20-23(21,22)14-8-6-5-7-12(14)18/h5-10,20H,1-4H3. The summed E-state index contributed by atoms with van der Waals surface area (Å²) in [4.78, 5) is -0.0843. The first-order chi connectivity index (χ1) is 10.5. The summed E-state index contributed by atoms with van der Waals surface area (Å²) in [5.74, 6) is -0.562. The largest absolute Gasteiger partial charge is 0.277 e. The minimum atomic E-state index is -3.96. The highest BCUT2D eigenvalue weighted by Gasteiger charge is 2.25. The van der Waals surface area contributed by atoms with E-state index in [1.54, 1.807) is 25.1 Å². The van der Waals surface area contributed by atoms with Crippen molar-refractivity contribution in [3.63, 3.8) is 0 Å². The number of hydrogen-bond donors (Lipinski definition) is 1. The number of aryl methyl sites for hydroxylation is 1. The molecule has 0 fully saturated rings. The van der Waals surface area contributed by atoms with Gasteiger partial charge in [0.2, 0.25) is 0 Å². The summed E-state index contributed by atoms with van der Waals surface area (Å²) < 4.78 is 42.0. The fourth-order valence-corrected chi connectivity index (χ4v) is 4.11. The highest BCUT2D eigenvalue weighted by atomic mass is 35.5. The second-order valence-corrected chi connectivity index (χ2v) is 8.46. The van der Waals surface area contributed by atoms with Gasteiger partial charge < -0.3 is 0 Å². The fourth-order valence-electron chi connectivity index (χ4n) is 2.53. The first-order valence-corrected chi connectivity index (χ1v) is 8.97. The molecule has 3 nitrogen and oxygen atoms in total. The lowest BCUT2D eigenvalue weighted by Gasteiger charge is -2.24. The Balaban J connectivity index is 2.52. The van der Waals surface area contributed by atoms with Crippen molar-refractivity contribution in [3.05, 3.63) is 58.4 Å². The zero-order valence-electron chi connectivity index (χ0n) is 13.4. The predicted octanol–water partition coefficient (Wildman–Crippen LogP) is 4.89. The second-order valence-electron chi connectivity index (χ2n) is 6.40. The third-order valence-corrected chi connectivity index (χ3v) is 5.34. The van der Waals surface area contributed by atoms with Crippen molar-refractivity contribution >= 4 is 27.3 Å². The second kappa shape index (κ2) is 6.13. The average Bonchev–Trinajstić information content (AvgIpc) is 2.41. The van der Waals surface area contributed by atoms with E-state index in [1.807, 2.05) is 20.8 Å². The van der Waals surface area contributed by atoms with Crippen molar-refractivity contribution < 1.29 is 12.8 Å². The Labute approximate surface area is 141 Å². The lowest BCUT2D eigenvalue weighted by Crippen LogP contribution is -2.19. The predicted molar refractivity (Wildman–Crippen MR) is 92.1 cm³/mol. The van der Waals surface area contributed by atoms with E-state index in [9.17, 15) is 12.8 Å². The van der Waals surface area contributed by atoms with Crippen LogP contribution in [0, 0.1) is 12.7 Å². The van der Waals surface area contributed by atoms with E-state index in [-0.39, 0.29) is 15.6 Å². The molecule has 0 saturated carbocycles. The minimum absolute atomic E-state index is 0.0829. The van der Waals surface area contributed by atoms with Gasteiger partial charge in [-0.1, -0.05) is 50.6 Å². The van der Waals surface area contributed by atoms with E-state index in [2.05, 4.69) is 4.72 Å². The number of benzene rings is 2. The summed E-state index contributed by atoms with van der Waals surface area (Å²) in [6, 6.07) is 9.17. The molecule has 23 heavy (non-hydrogen) atoms. The summed E-state index contributed by atoms with van der Waals surface area (Å²) in [6.07, 6.45) is 0. The van der Waals surface area contributed by atoms with Crippen LogP contribution in [0.4, 0.5) is 10.1 Å². The molecule has 0 bridgehead atoms. The maximum atomic E-state index is 14.8. The van der Waals surface area contributed by atoms with E-state index < -0.39 is 21.3 Å². The molecule has 124 valence electrons. The molecule has 0 radical (unpaired) electrons. The monoisotopic (exact) mass is 355 g/mol. The van der Waals surface area contributed by atoms with Gasteiger partial charge in [-0.15, -0.1) is 0 Å². The van der Waals surface area contributed by atoms with Crippen LogP contribution in [0.2, 0.25) is 5.02 Å². The van der Waals surface area contributed by atoms with Gasteiger partial charge in [-0.05, 0) is 41.7 Å². The summed E-state index contributed by atoms with van der Waals surface area (Å²) in [5, 5.41) is 0.0866. The van der Waals surface area contributed by atoms with Gasteiger partial charge >= 0.3 is 0 Å². The molecule has 0 heterocycles. The van der Waals surface area contributed by atoms with Crippen molar-refractivity contribution in [2.75, 3.05) is 4.72 Å². The minimum Gasteiger partial charge on any atom is -0.277 e. The summed E-state index contributed by atoms with van der Waals surface area (Å²) in [6.45, 7) is 7.44. The summed E-state index contributed by atoms with van der Waals surface area (Å²) >= 11 is 5.93. The summed E-state index contributed by atoms with van der Waals surface area (Å²) in [5.41, 5.74) is 0.730. The SMILES string of the molecule is Cc1ccc(NS(=O)(=O)c2ccccc2Cl)c(F)c1C(C)(C)C. The van der Waals surface area contributed by atoms with Crippen LogP contribution in [0.5, 0.6) is 0 Å². The van der Waals surface area contributed by atoms with Gasteiger partial charge in [0.05, 0.1) is 10.7 Å². The van der Waals surface area contributed by atoms with Crippen LogP contribution in [0.15, 0.2) is 41.3 Å². The molecular formula is C17H19ClFNO2S. The Bertz CT molecular complexity index is 842. The molecule has 0 aliphatic rings. The van der Waals surface area contributed by atoms with Crippen LogP contribution in [0.25, 0.3) is 0 Å². The Morgan fingerprint density at radius 2 is 1.70 bits per heavy atom. The Morgan fingerprint density at radius 1 is 1.09 bits per heavy atom. The average molecular weight is 356 g/mol. The lowest BCUT2D eigenvalue weighted by molar-refractivity contribution is 0.521. The lowest BCUT2D eigenvalue weighted by atomic mass is 9.83. The van der Waals surface area contributed by atoms with Crippen LogP contribution in [-0.2, 0) is 15.4 Å². The molecule has 2 aromatic carbocycles. The van der Waals surface area contributed by atoms with Crippen molar-refractivity contribution in [2.45, 2.75) is 38.0 Å². The Morgan fingerprint density at radius 3 is 2.26 bits per heavy atom. The summed E-state index contributed by atoms with van der Waals surface area (Å²) in [7, 11) is -3.96. The van der Waals surface area contributed by atoms with Crippen molar-refractivity contribution in [1.82, 2.24) is 0 Å². The number of anilines is 1. The van der Waals surface area contributed by atoms with E-state index in [0.717, 1.165) is 5.56 Å². The molecule has 0 aromatic heterocycles. The molecule has 0 atom stereocenters. The highest BCUT2D eigenvalue weighted by molar-refractivity contribution is 7.92. The topological polar surface area (TPSA) is 46.2 Å². The van der Waals surface area contributed by atoms with Crippen LogP contribution < -0.4 is 4.72 Å². The molecule has 0 saturated heterocycles. The Kier molecular flexibility index (Phi) is 4.74. The van der Waals surface area contributed by atoms with Gasteiger partial charge in [-0.2, -0.15) is 0 Å². The van der Waals surface area contributed by atoms with Gasteiger partial charge in [0.25, 0.3) is 10.0 Å². The van der Waals surface area contributed by atoms with Crippen molar-refractivity contribution in [3.8, 4) is 0 Å². The normalized spacial score (nSPS) is 12.3. The first kappa shape index (κ1) is 17.8. The maximum Gasteiger partial charge on any atom is 0.263 e. The number of halogens is 2. The fraction of sp³-hybridized carbons (Fsp3) is 0.294. The molecule has 0 aliphatic heterocycles. The van der Waals surface area contributed by atoms with E-state index in [0.29, 0.717) is 5.56 Å². The van der Waals surface area contributed by atoms with Gasteiger partial charge in [0, 0.05) is 0 Å². The van der Waals surface area contributed by atoms with Gasteiger partial charge in [0.1, 0.15) is 4.90 Å². The molecule has 0 spiro atoms. The zero-order chi connectivity index (χ0) is 17.4. The quantitative estimate of drug-likeness (QED) is 0.852. The molecule has 0 aliphatic carbocycles. The zero-order valence-corrected chi connectivity index (χ0v) is 15.0. The first-order valence-electron chi connectivity index (χ1n) is 7.11. The van der Waals surface area contributed by atoms with E-state index in [1.165, 1.54) is 18.2 Å². The van der Waals surface area contributed by atoms with Gasteiger partial charge in [-0.3, -0.25) is 4.72 Å². The molecule has 2 rings (SSSR count). The molecular weight excluding hydrogens is 337 g/mol. The molecule has 6 heteroatoms. The number of sulfonamides is 1. The van der Waals surface area contributed by atoms with Crippen LogP contribution >= 0.6 is 11.6 Å². The Hall–Kier alpha value is -1.59. The van der Waals surface area contributed by atoms with Crippen LogP contribution in [-0.4, -0.2) is 8.42 Å². The van der Waals surface area contributed by atoms with Crippen LogP contribution in [0.3, 0.4) is 0 Å². The van der Waals surface area contributed by atoms with Gasteiger partial charge in [0.15, 0.2) is 5.82 Å². The smallest absolute Gasteiger partial charge is 0.263 e. The van der Waals surface area contributed by atoms with Gasteiger partial charge in [-0.25, -0.2) is 12.8 Å². The molecule has 0 amide bonds. The molecule has 2 aromatic rings.